The summed E-state index contributed by atoms with van der Waals surface area (Å²) in [5.41, 5.74) is 5.31. The molecule has 1 aliphatic rings. The number of rotatable bonds is 2. The molecule has 114 valence electrons. The van der Waals surface area contributed by atoms with E-state index in [-0.39, 0.29) is 17.3 Å². The van der Waals surface area contributed by atoms with Crippen LogP contribution in [0.15, 0.2) is 23.4 Å². The van der Waals surface area contributed by atoms with E-state index in [9.17, 15) is 13.6 Å². The Morgan fingerprint density at radius 3 is 2.48 bits per heavy atom. The minimum absolute atomic E-state index is 0.112. The number of amidine groups is 1. The van der Waals surface area contributed by atoms with Crippen molar-refractivity contribution in [2.45, 2.75) is 19.8 Å². The van der Waals surface area contributed by atoms with Gasteiger partial charge in [-0.15, -0.1) is 0 Å². The molecule has 0 radical (unpaired) electrons. The van der Waals surface area contributed by atoms with Gasteiger partial charge in [0.1, 0.15) is 5.84 Å². The van der Waals surface area contributed by atoms with Gasteiger partial charge in [-0.1, -0.05) is 12.1 Å². The summed E-state index contributed by atoms with van der Waals surface area (Å²) in [5.74, 6) is -2.23. The first kappa shape index (κ1) is 15.2. The Kier molecular flexibility index (Phi) is 4.11. The van der Waals surface area contributed by atoms with Crippen LogP contribution >= 0.6 is 0 Å². The third-order valence-electron chi connectivity index (χ3n) is 4.05. The Labute approximate surface area is 121 Å². The maximum absolute atomic E-state index is 13.2. The molecule has 0 saturated carbocycles. The fourth-order valence-corrected chi connectivity index (χ4v) is 2.39. The summed E-state index contributed by atoms with van der Waals surface area (Å²) < 4.78 is 26.1. The lowest BCUT2D eigenvalue weighted by molar-refractivity contribution is 0.0666. The highest BCUT2D eigenvalue weighted by atomic mass is 19.2. The van der Waals surface area contributed by atoms with Crippen LogP contribution < -0.4 is 5.73 Å². The van der Waals surface area contributed by atoms with E-state index in [1.165, 1.54) is 6.07 Å². The number of nitrogens with zero attached hydrogens (tertiary/aromatic N) is 2. The van der Waals surface area contributed by atoms with Crippen molar-refractivity contribution in [2.75, 3.05) is 13.1 Å². The maximum Gasteiger partial charge on any atom is 0.253 e. The van der Waals surface area contributed by atoms with Crippen LogP contribution in [0.25, 0.3) is 0 Å². The number of piperidine rings is 1. The zero-order valence-corrected chi connectivity index (χ0v) is 11.6. The number of likely N-dealkylation sites (tertiary alicyclic amines) is 1. The monoisotopic (exact) mass is 297 g/mol. The molecule has 2 rings (SSSR count). The van der Waals surface area contributed by atoms with Gasteiger partial charge in [0.15, 0.2) is 11.6 Å². The van der Waals surface area contributed by atoms with Crippen LogP contribution in [0.4, 0.5) is 8.78 Å². The molecule has 0 aliphatic carbocycles. The number of nitrogens with two attached hydrogens (primary N) is 1. The minimum atomic E-state index is -1.04. The van der Waals surface area contributed by atoms with Gasteiger partial charge in [-0.2, -0.15) is 0 Å². The molecule has 0 atom stereocenters. The second kappa shape index (κ2) is 5.67. The van der Waals surface area contributed by atoms with E-state index < -0.39 is 17.0 Å². The van der Waals surface area contributed by atoms with Crippen molar-refractivity contribution in [2.24, 2.45) is 16.3 Å². The molecule has 1 saturated heterocycles. The normalized spacial score (nSPS) is 18.6. The summed E-state index contributed by atoms with van der Waals surface area (Å²) in [6, 6.07) is 3.10. The van der Waals surface area contributed by atoms with Crippen molar-refractivity contribution < 1.29 is 18.8 Å². The Morgan fingerprint density at radius 1 is 1.33 bits per heavy atom. The highest BCUT2D eigenvalue weighted by molar-refractivity contribution is 5.94. The average molecular weight is 297 g/mol. The van der Waals surface area contributed by atoms with Gasteiger partial charge < -0.3 is 15.8 Å². The van der Waals surface area contributed by atoms with E-state index in [4.69, 9.17) is 10.9 Å². The maximum atomic E-state index is 13.2. The molecular formula is C14H17F2N3O2. The van der Waals surface area contributed by atoms with Crippen LogP contribution in [-0.4, -0.2) is 34.9 Å². The molecule has 5 nitrogen and oxygen atoms in total. The lowest BCUT2D eigenvalue weighted by atomic mass is 9.79. The summed E-state index contributed by atoms with van der Waals surface area (Å²) in [6.45, 7) is 2.68. The third-order valence-corrected chi connectivity index (χ3v) is 4.05. The van der Waals surface area contributed by atoms with Gasteiger partial charge in [0.2, 0.25) is 0 Å². The molecule has 3 N–H and O–H groups in total. The summed E-state index contributed by atoms with van der Waals surface area (Å²) >= 11 is 0. The molecule has 21 heavy (non-hydrogen) atoms. The van der Waals surface area contributed by atoms with Crippen molar-refractivity contribution in [3.05, 3.63) is 35.4 Å². The van der Waals surface area contributed by atoms with E-state index in [0.717, 1.165) is 12.1 Å². The van der Waals surface area contributed by atoms with Crippen molar-refractivity contribution in [3.63, 3.8) is 0 Å². The molecule has 1 aromatic carbocycles. The van der Waals surface area contributed by atoms with Crippen molar-refractivity contribution >= 4 is 11.7 Å². The van der Waals surface area contributed by atoms with E-state index in [1.54, 1.807) is 4.90 Å². The lowest BCUT2D eigenvalue weighted by Gasteiger charge is -2.38. The van der Waals surface area contributed by atoms with Crippen LogP contribution in [0.1, 0.15) is 30.1 Å². The zero-order chi connectivity index (χ0) is 15.6. The summed E-state index contributed by atoms with van der Waals surface area (Å²) in [4.78, 5) is 13.8. The van der Waals surface area contributed by atoms with Gasteiger partial charge in [-0.25, -0.2) is 8.78 Å². The van der Waals surface area contributed by atoms with E-state index in [1.807, 2.05) is 6.92 Å². The minimum Gasteiger partial charge on any atom is -0.409 e. The molecule has 1 fully saturated rings. The molecule has 0 spiro atoms. The Balaban J connectivity index is 2.08. The first-order valence-corrected chi connectivity index (χ1v) is 6.60. The Bertz CT molecular complexity index is 582. The summed E-state index contributed by atoms with van der Waals surface area (Å²) in [5, 5.41) is 11.8. The van der Waals surface area contributed by atoms with Crippen LogP contribution in [0.5, 0.6) is 0 Å². The van der Waals surface area contributed by atoms with Crippen molar-refractivity contribution in [3.8, 4) is 0 Å². The van der Waals surface area contributed by atoms with Crippen molar-refractivity contribution in [1.29, 1.82) is 0 Å². The smallest absolute Gasteiger partial charge is 0.253 e. The standard InChI is InChI=1S/C14H17F2N3O2/c1-14(13(17)18-21)4-6-19(7-5-14)12(20)9-2-3-10(15)11(16)8-9/h2-3,8,21H,4-7H2,1H3,(H2,17,18). The highest BCUT2D eigenvalue weighted by Gasteiger charge is 2.35. The first-order chi connectivity index (χ1) is 9.87. The fourth-order valence-electron chi connectivity index (χ4n) is 2.39. The number of hydrogen-bond acceptors (Lipinski definition) is 3. The fraction of sp³-hybridized carbons (Fsp3) is 0.429. The van der Waals surface area contributed by atoms with E-state index in [2.05, 4.69) is 5.16 Å². The molecule has 1 heterocycles. The van der Waals surface area contributed by atoms with Gasteiger partial charge in [-0.3, -0.25) is 4.79 Å². The number of hydrogen-bond donors (Lipinski definition) is 2. The van der Waals surface area contributed by atoms with Crippen LogP contribution in [0.3, 0.4) is 0 Å². The SMILES string of the molecule is CC1(/C(N)=N/O)CCN(C(=O)c2ccc(F)c(F)c2)CC1. The molecule has 1 aromatic rings. The topological polar surface area (TPSA) is 78.9 Å². The van der Waals surface area contributed by atoms with Crippen molar-refractivity contribution in [1.82, 2.24) is 4.90 Å². The lowest BCUT2D eigenvalue weighted by Crippen LogP contribution is -2.47. The third kappa shape index (κ3) is 2.96. The number of amides is 1. The molecule has 7 heteroatoms. The number of halogens is 2. The van der Waals surface area contributed by atoms with Gasteiger partial charge in [0.25, 0.3) is 5.91 Å². The van der Waals surface area contributed by atoms with Gasteiger partial charge in [0.05, 0.1) is 0 Å². The van der Waals surface area contributed by atoms with E-state index >= 15 is 0 Å². The quantitative estimate of drug-likeness (QED) is 0.379. The molecule has 0 bridgehead atoms. The molecule has 1 aliphatic heterocycles. The number of oxime groups is 1. The predicted octanol–water partition coefficient (Wildman–Crippen LogP) is 1.95. The van der Waals surface area contributed by atoms with Gasteiger partial charge in [0, 0.05) is 24.1 Å². The molecule has 1 amide bonds. The van der Waals surface area contributed by atoms with Crippen LogP contribution in [0.2, 0.25) is 0 Å². The Hall–Kier alpha value is -2.18. The van der Waals surface area contributed by atoms with Crippen LogP contribution in [0, 0.1) is 17.0 Å². The summed E-state index contributed by atoms with van der Waals surface area (Å²) in [6.07, 6.45) is 1.08. The zero-order valence-electron chi connectivity index (χ0n) is 11.6. The largest absolute Gasteiger partial charge is 0.409 e. The van der Waals surface area contributed by atoms with Gasteiger partial charge >= 0.3 is 0 Å². The number of carbonyl (C=O) groups is 1. The van der Waals surface area contributed by atoms with Gasteiger partial charge in [-0.05, 0) is 31.0 Å². The second-order valence-corrected chi connectivity index (χ2v) is 5.47. The first-order valence-electron chi connectivity index (χ1n) is 6.60. The predicted molar refractivity (Wildman–Crippen MR) is 73.0 cm³/mol. The average Bonchev–Trinajstić information content (AvgIpc) is 2.49. The van der Waals surface area contributed by atoms with Crippen LogP contribution in [-0.2, 0) is 0 Å². The Morgan fingerprint density at radius 2 is 1.95 bits per heavy atom. The second-order valence-electron chi connectivity index (χ2n) is 5.47. The highest BCUT2D eigenvalue weighted by Crippen LogP contribution is 2.31. The molecule has 0 unspecified atom stereocenters. The van der Waals surface area contributed by atoms with E-state index in [0.29, 0.717) is 25.9 Å². The number of benzene rings is 1. The molecule has 0 aromatic heterocycles. The molecular weight excluding hydrogens is 280 g/mol. The summed E-state index contributed by atoms with van der Waals surface area (Å²) in [7, 11) is 0. The number of carbonyl (C=O) groups excluding carboxylic acids is 1.